The molecule has 0 saturated carbocycles. The third kappa shape index (κ3) is 6.66. The van der Waals surface area contributed by atoms with Crippen LogP contribution < -0.4 is 10.1 Å². The van der Waals surface area contributed by atoms with E-state index in [1.165, 1.54) is 11.6 Å². The van der Waals surface area contributed by atoms with E-state index in [9.17, 15) is 4.79 Å². The molecule has 2 heterocycles. The molecule has 0 aromatic heterocycles. The Bertz CT molecular complexity index is 1390. The summed E-state index contributed by atoms with van der Waals surface area (Å²) in [6.45, 7) is 9.39. The molecule has 1 N–H and O–H groups in total. The number of nitrogens with one attached hydrogen (secondary N) is 1. The maximum atomic E-state index is 13.3. The Morgan fingerprint density at radius 3 is 2.51 bits per heavy atom. The van der Waals surface area contributed by atoms with Crippen LogP contribution in [0.5, 0.6) is 5.75 Å². The molecule has 0 saturated heterocycles. The lowest BCUT2D eigenvalue weighted by Gasteiger charge is -2.41. The Labute approximate surface area is 256 Å². The van der Waals surface area contributed by atoms with Crippen molar-refractivity contribution in [1.29, 1.82) is 0 Å². The number of rotatable bonds is 9. The molecule has 0 unspecified atom stereocenters. The summed E-state index contributed by atoms with van der Waals surface area (Å²) in [7, 11) is 3.34. The molecule has 0 fully saturated rings. The number of benzene rings is 2. The smallest absolute Gasteiger partial charge is 0.331 e. The van der Waals surface area contributed by atoms with Crippen molar-refractivity contribution in [1.82, 2.24) is 5.32 Å². The van der Waals surface area contributed by atoms with Crippen LogP contribution in [0.15, 0.2) is 96.2 Å². The van der Waals surface area contributed by atoms with E-state index >= 15 is 0 Å². The molecule has 43 heavy (non-hydrogen) atoms. The second-order valence-electron chi connectivity index (χ2n) is 12.5. The fourth-order valence-electron chi connectivity index (χ4n) is 6.71. The van der Waals surface area contributed by atoms with Gasteiger partial charge in [0, 0.05) is 19.7 Å². The van der Waals surface area contributed by atoms with Gasteiger partial charge in [-0.3, -0.25) is 0 Å². The van der Waals surface area contributed by atoms with E-state index in [4.69, 9.17) is 18.9 Å². The van der Waals surface area contributed by atoms with Gasteiger partial charge < -0.3 is 24.3 Å². The molecular formula is C37H45NO5. The highest BCUT2D eigenvalue weighted by Gasteiger charge is 2.53. The van der Waals surface area contributed by atoms with Crippen molar-refractivity contribution < 1.29 is 23.7 Å². The lowest BCUT2D eigenvalue weighted by Crippen LogP contribution is -2.48. The number of allylic oxidation sites excluding steroid dienone is 3. The Hall–Kier alpha value is -3.61. The summed E-state index contributed by atoms with van der Waals surface area (Å²) in [5.74, 6) is 0.562. The van der Waals surface area contributed by atoms with Gasteiger partial charge in [0.15, 0.2) is 0 Å². The number of hydrogen-bond acceptors (Lipinski definition) is 6. The molecule has 6 atom stereocenters. The summed E-state index contributed by atoms with van der Waals surface area (Å²) in [5.41, 5.74) is 3.36. The first kappa shape index (κ1) is 30.8. The van der Waals surface area contributed by atoms with Gasteiger partial charge in [-0.25, -0.2) is 4.79 Å². The average Bonchev–Trinajstić information content (AvgIpc) is 3.39. The number of fused-ring (bicyclic) bond motifs is 3. The highest BCUT2D eigenvalue weighted by Crippen LogP contribution is 2.49. The third-order valence-electron chi connectivity index (χ3n) is 9.37. The molecular weight excluding hydrogens is 538 g/mol. The van der Waals surface area contributed by atoms with E-state index in [-0.39, 0.29) is 17.8 Å². The lowest BCUT2D eigenvalue weighted by molar-refractivity contribution is -0.227. The first-order valence-electron chi connectivity index (χ1n) is 15.3. The molecule has 6 nitrogen and oxygen atoms in total. The second-order valence-corrected chi connectivity index (χ2v) is 12.5. The Balaban J connectivity index is 1.50. The molecule has 228 valence electrons. The van der Waals surface area contributed by atoms with Crippen molar-refractivity contribution in [2.45, 2.75) is 64.6 Å². The zero-order chi connectivity index (χ0) is 30.6. The zero-order valence-electron chi connectivity index (χ0n) is 26.2. The van der Waals surface area contributed by atoms with Crippen molar-refractivity contribution in [3.63, 3.8) is 0 Å². The fourth-order valence-corrected chi connectivity index (χ4v) is 6.71. The maximum Gasteiger partial charge on any atom is 0.331 e. The van der Waals surface area contributed by atoms with Crippen LogP contribution in [0.3, 0.4) is 0 Å². The van der Waals surface area contributed by atoms with Gasteiger partial charge in [0.05, 0.1) is 12.8 Å². The van der Waals surface area contributed by atoms with Gasteiger partial charge in [0.1, 0.15) is 17.5 Å². The minimum absolute atomic E-state index is 0.178. The van der Waals surface area contributed by atoms with Crippen LogP contribution in [-0.2, 0) is 25.5 Å². The number of carbonyl (C=O) groups excluding carboxylic acids is 1. The molecule has 2 aromatic carbocycles. The summed E-state index contributed by atoms with van der Waals surface area (Å²) in [6, 6.07) is 17.8. The molecule has 6 heteroatoms. The largest absolute Gasteiger partial charge is 0.497 e. The van der Waals surface area contributed by atoms with Crippen LogP contribution in [0, 0.1) is 23.7 Å². The van der Waals surface area contributed by atoms with E-state index in [0.717, 1.165) is 29.0 Å². The van der Waals surface area contributed by atoms with Gasteiger partial charge in [-0.05, 0) is 91.8 Å². The van der Waals surface area contributed by atoms with Crippen LogP contribution in [0.2, 0.25) is 0 Å². The normalized spacial score (nSPS) is 31.3. The predicted molar refractivity (Wildman–Crippen MR) is 170 cm³/mol. The van der Waals surface area contributed by atoms with E-state index < -0.39 is 17.5 Å². The summed E-state index contributed by atoms with van der Waals surface area (Å²) in [5, 5.41) is 3.69. The molecule has 1 aliphatic carbocycles. The molecule has 2 aliphatic heterocycles. The molecule has 2 aromatic rings. The van der Waals surface area contributed by atoms with Crippen LogP contribution in [0.25, 0.3) is 6.08 Å². The summed E-state index contributed by atoms with van der Waals surface area (Å²) < 4.78 is 24.7. The molecule has 0 spiro atoms. The Morgan fingerprint density at radius 2 is 1.84 bits per heavy atom. The number of ether oxygens (including phenoxy) is 4. The zero-order valence-corrected chi connectivity index (χ0v) is 26.2. The Morgan fingerprint density at radius 1 is 1.09 bits per heavy atom. The van der Waals surface area contributed by atoms with Gasteiger partial charge in [-0.2, -0.15) is 0 Å². The first-order chi connectivity index (χ1) is 20.7. The monoisotopic (exact) mass is 583 g/mol. The number of methoxy groups -OCH3 is 2. The van der Waals surface area contributed by atoms with Gasteiger partial charge >= 0.3 is 5.97 Å². The van der Waals surface area contributed by atoms with Crippen LogP contribution in [0.4, 0.5) is 0 Å². The lowest BCUT2D eigenvalue weighted by atomic mass is 9.65. The van der Waals surface area contributed by atoms with Gasteiger partial charge in [-0.1, -0.05) is 74.0 Å². The molecule has 5 rings (SSSR count). The standard InChI is InChI=1S/C37H45NO5/c1-25(2)30-18-12-26(3)31-23-34(42-35(39)19-15-27-10-8-7-9-11-27)36(4)20-21-37(41-6,43-36)33(22-32(30)31)38-24-28-13-16-29(40-5)17-14-28/h7-17,19-22,25,30-32,34,38H,18,23-24H2,1-6H3/b19-15+,33-22+/t30-,31+,32+,34+,36+,37-/m1/s1. The third-order valence-corrected chi connectivity index (χ3v) is 9.37. The fraction of sp³-hybridized carbons (Fsp3) is 0.432. The molecule has 0 radical (unpaired) electrons. The van der Waals surface area contributed by atoms with E-state index in [1.54, 1.807) is 20.3 Å². The van der Waals surface area contributed by atoms with Crippen molar-refractivity contribution in [2.24, 2.45) is 23.7 Å². The molecule has 2 bridgehead atoms. The topological polar surface area (TPSA) is 66.0 Å². The van der Waals surface area contributed by atoms with Gasteiger partial charge in [0.2, 0.25) is 5.79 Å². The summed E-state index contributed by atoms with van der Waals surface area (Å²) in [4.78, 5) is 13.3. The minimum Gasteiger partial charge on any atom is -0.497 e. The number of esters is 1. The van der Waals surface area contributed by atoms with E-state index in [2.05, 4.69) is 50.4 Å². The highest BCUT2D eigenvalue weighted by atomic mass is 16.7. The van der Waals surface area contributed by atoms with Crippen molar-refractivity contribution >= 4 is 12.0 Å². The van der Waals surface area contributed by atoms with E-state index in [1.807, 2.05) is 61.5 Å². The van der Waals surface area contributed by atoms with Crippen LogP contribution in [0.1, 0.15) is 51.7 Å². The quantitative estimate of drug-likeness (QED) is 0.191. The maximum absolute atomic E-state index is 13.3. The summed E-state index contributed by atoms with van der Waals surface area (Å²) in [6.07, 6.45) is 13.1. The van der Waals surface area contributed by atoms with Crippen LogP contribution in [-0.4, -0.2) is 37.7 Å². The molecule has 3 aliphatic rings. The van der Waals surface area contributed by atoms with Gasteiger partial charge in [-0.15, -0.1) is 0 Å². The Kier molecular flexibility index (Phi) is 9.28. The SMILES string of the molecule is COc1ccc(CN/C2=C/[C@H]3[C@@H](C(C)C)CC=C(C)[C@@H]3C[C@H](OC(=O)/C=C/c3ccccc3)[C@]3(C)C=C[C@@]2(OC)O3)cc1. The van der Waals surface area contributed by atoms with Crippen molar-refractivity contribution in [3.05, 3.63) is 107 Å². The highest BCUT2D eigenvalue weighted by molar-refractivity contribution is 5.87. The molecule has 0 amide bonds. The van der Waals surface area contributed by atoms with Crippen molar-refractivity contribution in [2.75, 3.05) is 14.2 Å². The predicted octanol–water partition coefficient (Wildman–Crippen LogP) is 7.24. The average molecular weight is 584 g/mol. The first-order valence-corrected chi connectivity index (χ1v) is 15.3. The second kappa shape index (κ2) is 12.9. The minimum atomic E-state index is -1.14. The van der Waals surface area contributed by atoms with Crippen molar-refractivity contribution in [3.8, 4) is 5.75 Å². The van der Waals surface area contributed by atoms with E-state index in [0.29, 0.717) is 24.8 Å². The van der Waals surface area contributed by atoms with Gasteiger partial charge in [0.25, 0.3) is 0 Å². The van der Waals surface area contributed by atoms with Crippen LogP contribution >= 0.6 is 0 Å². The summed E-state index contributed by atoms with van der Waals surface area (Å²) >= 11 is 0. The number of carbonyl (C=O) groups is 1. The number of hydrogen-bond donors (Lipinski definition) is 1.